The van der Waals surface area contributed by atoms with Crippen molar-refractivity contribution in [3.8, 4) is 0 Å². The van der Waals surface area contributed by atoms with Crippen LogP contribution in [0.2, 0.25) is 0 Å². The molecule has 0 unspecified atom stereocenters. The number of piperidine rings is 1. The number of ether oxygens (including phenoxy) is 1. The van der Waals surface area contributed by atoms with Gasteiger partial charge in [0, 0.05) is 38.4 Å². The smallest absolute Gasteiger partial charge is 0.378 e. The van der Waals surface area contributed by atoms with E-state index in [2.05, 4.69) is 10.2 Å². The monoisotopic (exact) mass is 399 g/mol. The van der Waals surface area contributed by atoms with E-state index in [0.717, 1.165) is 24.3 Å². The number of benzene rings is 1. The van der Waals surface area contributed by atoms with Crippen molar-refractivity contribution in [2.24, 2.45) is 11.3 Å². The molecule has 1 aromatic rings. The van der Waals surface area contributed by atoms with Gasteiger partial charge < -0.3 is 19.9 Å². The van der Waals surface area contributed by atoms with Gasteiger partial charge in [-0.3, -0.25) is 0 Å². The molecule has 0 aromatic heterocycles. The molecule has 2 heterocycles. The molecule has 1 N–H and O–H groups in total. The van der Waals surface area contributed by atoms with Gasteiger partial charge in [-0.1, -0.05) is 32.0 Å². The van der Waals surface area contributed by atoms with Gasteiger partial charge in [0.25, 0.3) is 0 Å². The van der Waals surface area contributed by atoms with Gasteiger partial charge >= 0.3 is 12.2 Å². The second-order valence-electron chi connectivity index (χ2n) is 8.18. The lowest BCUT2D eigenvalue weighted by atomic mass is 9.73. The van der Waals surface area contributed by atoms with Crippen LogP contribution in [0, 0.1) is 11.3 Å². The van der Waals surface area contributed by atoms with Crippen molar-refractivity contribution in [2.45, 2.75) is 33.0 Å². The van der Waals surface area contributed by atoms with Crippen molar-refractivity contribution in [3.05, 3.63) is 29.8 Å². The van der Waals surface area contributed by atoms with Crippen LogP contribution in [0.15, 0.2) is 24.3 Å². The van der Waals surface area contributed by atoms with E-state index in [1.807, 2.05) is 24.3 Å². The topological polar surface area (TPSA) is 44.8 Å². The van der Waals surface area contributed by atoms with Gasteiger partial charge in [-0.25, -0.2) is 4.79 Å². The van der Waals surface area contributed by atoms with Crippen LogP contribution in [0.25, 0.3) is 0 Å². The molecule has 0 saturated carbocycles. The Morgan fingerprint density at radius 3 is 2.54 bits per heavy atom. The van der Waals surface area contributed by atoms with Crippen LogP contribution in [0.5, 0.6) is 0 Å². The van der Waals surface area contributed by atoms with E-state index in [9.17, 15) is 18.0 Å². The summed E-state index contributed by atoms with van der Waals surface area (Å²) in [6.45, 7) is 6.64. The first kappa shape index (κ1) is 20.8. The molecule has 28 heavy (non-hydrogen) atoms. The average molecular weight is 399 g/mol. The number of halogens is 3. The number of amides is 2. The van der Waals surface area contributed by atoms with Crippen LogP contribution in [-0.4, -0.2) is 56.5 Å². The first-order chi connectivity index (χ1) is 13.2. The molecule has 3 rings (SSSR count). The average Bonchev–Trinajstić information content (AvgIpc) is 2.65. The van der Waals surface area contributed by atoms with Crippen molar-refractivity contribution in [3.63, 3.8) is 0 Å². The molecule has 5 nitrogen and oxygen atoms in total. The minimum absolute atomic E-state index is 0.0612. The number of rotatable bonds is 3. The van der Waals surface area contributed by atoms with Crippen molar-refractivity contribution < 1.29 is 22.7 Å². The minimum Gasteiger partial charge on any atom is -0.378 e. The number of anilines is 1. The van der Waals surface area contributed by atoms with E-state index >= 15 is 0 Å². The van der Waals surface area contributed by atoms with Gasteiger partial charge in [0.15, 0.2) is 0 Å². The Morgan fingerprint density at radius 2 is 1.89 bits per heavy atom. The van der Waals surface area contributed by atoms with Crippen molar-refractivity contribution in [2.75, 3.05) is 44.3 Å². The molecule has 0 spiro atoms. The summed E-state index contributed by atoms with van der Waals surface area (Å²) in [7, 11) is 0. The third kappa shape index (κ3) is 4.71. The van der Waals surface area contributed by atoms with Gasteiger partial charge in [0.1, 0.15) is 0 Å². The van der Waals surface area contributed by atoms with Gasteiger partial charge in [-0.2, -0.15) is 13.2 Å². The number of hydrogen-bond acceptors (Lipinski definition) is 3. The molecule has 0 radical (unpaired) electrons. The van der Waals surface area contributed by atoms with Gasteiger partial charge in [-0.05, 0) is 23.5 Å². The molecule has 1 atom stereocenters. The number of carbonyl (C=O) groups is 1. The largest absolute Gasteiger partial charge is 0.392 e. The quantitative estimate of drug-likeness (QED) is 0.844. The highest BCUT2D eigenvalue weighted by Gasteiger charge is 2.51. The van der Waals surface area contributed by atoms with E-state index in [1.165, 1.54) is 4.90 Å². The number of nitrogens with zero attached hydrogens (tertiary/aromatic N) is 2. The highest BCUT2D eigenvalue weighted by molar-refractivity contribution is 5.74. The number of alkyl halides is 3. The Bertz CT molecular complexity index is 688. The Kier molecular flexibility index (Phi) is 6.07. The number of nitrogens with one attached hydrogen (secondary N) is 1. The fourth-order valence-electron chi connectivity index (χ4n) is 4.19. The maximum Gasteiger partial charge on any atom is 0.392 e. The van der Waals surface area contributed by atoms with Crippen LogP contribution in [0.4, 0.5) is 23.7 Å². The lowest BCUT2D eigenvalue weighted by Crippen LogP contribution is -2.54. The Balaban J connectivity index is 1.61. The molecule has 8 heteroatoms. The van der Waals surface area contributed by atoms with E-state index in [1.54, 1.807) is 13.8 Å². The predicted octanol–water partition coefficient (Wildman–Crippen LogP) is 3.64. The number of carbonyl (C=O) groups excluding carboxylic acids is 1. The molecule has 2 aliphatic rings. The standard InChI is InChI=1S/C20H28F3N3O2/c1-19(2)14-26(8-7-17(19)20(21,22)23)18(27)24-13-15-5-3-4-6-16(15)25-9-11-28-12-10-25/h3-6,17H,7-14H2,1-2H3,(H,24,27)/t17-/m1/s1. The summed E-state index contributed by atoms with van der Waals surface area (Å²) in [5.74, 6) is -1.38. The van der Waals surface area contributed by atoms with E-state index in [4.69, 9.17) is 4.74 Å². The minimum atomic E-state index is -4.23. The number of likely N-dealkylation sites (tertiary alicyclic amines) is 1. The second-order valence-corrected chi connectivity index (χ2v) is 8.18. The van der Waals surface area contributed by atoms with Gasteiger partial charge in [0.05, 0.1) is 19.1 Å². The zero-order valence-corrected chi connectivity index (χ0v) is 16.4. The Hall–Kier alpha value is -1.96. The fraction of sp³-hybridized carbons (Fsp3) is 0.650. The summed E-state index contributed by atoms with van der Waals surface area (Å²) in [5, 5.41) is 2.89. The summed E-state index contributed by atoms with van der Waals surface area (Å²) >= 11 is 0. The summed E-state index contributed by atoms with van der Waals surface area (Å²) in [6.07, 6.45) is -4.29. The highest BCUT2D eigenvalue weighted by Crippen LogP contribution is 2.45. The fourth-order valence-corrected chi connectivity index (χ4v) is 4.19. The number of para-hydroxylation sites is 1. The molecule has 0 aliphatic carbocycles. The summed E-state index contributed by atoms with van der Waals surface area (Å²) < 4.78 is 45.1. The molecule has 1 aromatic carbocycles. The Morgan fingerprint density at radius 1 is 1.21 bits per heavy atom. The van der Waals surface area contributed by atoms with Crippen LogP contribution in [-0.2, 0) is 11.3 Å². The predicted molar refractivity (Wildman–Crippen MR) is 101 cm³/mol. The van der Waals surface area contributed by atoms with Crippen molar-refractivity contribution in [1.82, 2.24) is 10.2 Å². The zero-order chi connectivity index (χ0) is 20.4. The molecule has 0 bridgehead atoms. The molecular weight excluding hydrogens is 371 g/mol. The van der Waals surface area contributed by atoms with E-state index in [-0.39, 0.29) is 25.5 Å². The second kappa shape index (κ2) is 8.19. The van der Waals surface area contributed by atoms with Crippen molar-refractivity contribution in [1.29, 1.82) is 0 Å². The molecule has 2 aliphatic heterocycles. The Labute approximate surface area is 163 Å². The normalized spacial score (nSPS) is 22.8. The van der Waals surface area contributed by atoms with Gasteiger partial charge in [-0.15, -0.1) is 0 Å². The van der Waals surface area contributed by atoms with Crippen LogP contribution in [0.3, 0.4) is 0 Å². The maximum atomic E-state index is 13.2. The molecule has 156 valence electrons. The van der Waals surface area contributed by atoms with Crippen LogP contribution in [0.1, 0.15) is 25.8 Å². The lowest BCUT2D eigenvalue weighted by molar-refractivity contribution is -0.214. The molecule has 2 fully saturated rings. The number of urea groups is 1. The zero-order valence-electron chi connectivity index (χ0n) is 16.4. The molecule has 2 saturated heterocycles. The third-order valence-corrected chi connectivity index (χ3v) is 5.69. The van der Waals surface area contributed by atoms with E-state index < -0.39 is 17.5 Å². The summed E-state index contributed by atoms with van der Waals surface area (Å²) in [4.78, 5) is 16.3. The number of hydrogen-bond donors (Lipinski definition) is 1. The summed E-state index contributed by atoms with van der Waals surface area (Å²) in [6, 6.07) is 7.55. The van der Waals surface area contributed by atoms with Crippen LogP contribution < -0.4 is 10.2 Å². The van der Waals surface area contributed by atoms with E-state index in [0.29, 0.717) is 19.8 Å². The highest BCUT2D eigenvalue weighted by atomic mass is 19.4. The number of morpholine rings is 1. The molecular formula is C20H28F3N3O2. The van der Waals surface area contributed by atoms with Crippen LogP contribution >= 0.6 is 0 Å². The summed E-state index contributed by atoms with van der Waals surface area (Å²) in [5.41, 5.74) is 1.05. The van der Waals surface area contributed by atoms with Gasteiger partial charge in [0.2, 0.25) is 0 Å². The lowest BCUT2D eigenvalue weighted by Gasteiger charge is -2.44. The third-order valence-electron chi connectivity index (χ3n) is 5.69. The SMILES string of the molecule is CC1(C)CN(C(=O)NCc2ccccc2N2CCOCC2)CC[C@H]1C(F)(F)F. The first-order valence-corrected chi connectivity index (χ1v) is 9.68. The van der Waals surface area contributed by atoms with Crippen molar-refractivity contribution >= 4 is 11.7 Å². The molecule has 2 amide bonds. The maximum absolute atomic E-state index is 13.2. The first-order valence-electron chi connectivity index (χ1n) is 9.68.